The highest BCUT2D eigenvalue weighted by atomic mass is 16.5. The molecule has 0 aliphatic carbocycles. The van der Waals surface area contributed by atoms with Crippen molar-refractivity contribution in [3.05, 3.63) is 23.0 Å². The first kappa shape index (κ1) is 12.5. The van der Waals surface area contributed by atoms with Gasteiger partial charge in [0.15, 0.2) is 0 Å². The summed E-state index contributed by atoms with van der Waals surface area (Å²) in [5.41, 5.74) is 3.14. The Balaban J connectivity index is 2.66. The van der Waals surface area contributed by atoms with Crippen LogP contribution in [0.2, 0.25) is 0 Å². The minimum Gasteiger partial charge on any atom is -0.466 e. The van der Waals surface area contributed by atoms with E-state index in [4.69, 9.17) is 4.74 Å². The molecule has 0 N–H and O–H groups in total. The Morgan fingerprint density at radius 3 is 2.69 bits per heavy atom. The SMILES string of the molecule is CCOC(=O)CC=Cc1c(C)nn(C)c1C. The molecule has 0 unspecified atom stereocenters. The van der Waals surface area contributed by atoms with Crippen LogP contribution in [0.4, 0.5) is 0 Å². The molecule has 1 aromatic heterocycles. The van der Waals surface area contributed by atoms with Gasteiger partial charge in [-0.05, 0) is 20.8 Å². The number of aromatic nitrogens is 2. The molecule has 1 aromatic rings. The Morgan fingerprint density at radius 1 is 1.50 bits per heavy atom. The Labute approximate surface area is 95.9 Å². The second-order valence-corrected chi connectivity index (χ2v) is 3.62. The van der Waals surface area contributed by atoms with Crippen LogP contribution in [-0.4, -0.2) is 22.4 Å². The number of hydrogen-bond donors (Lipinski definition) is 0. The lowest BCUT2D eigenvalue weighted by molar-refractivity contribution is -0.142. The molecule has 0 spiro atoms. The Morgan fingerprint density at radius 2 is 2.19 bits per heavy atom. The van der Waals surface area contributed by atoms with Gasteiger partial charge in [0.1, 0.15) is 0 Å². The van der Waals surface area contributed by atoms with Crippen molar-refractivity contribution >= 4 is 12.0 Å². The Hall–Kier alpha value is -1.58. The molecular weight excluding hydrogens is 204 g/mol. The first-order valence-electron chi connectivity index (χ1n) is 5.38. The number of ether oxygens (including phenoxy) is 1. The number of carbonyl (C=O) groups is 1. The van der Waals surface area contributed by atoms with Crippen molar-refractivity contribution in [1.82, 2.24) is 9.78 Å². The van der Waals surface area contributed by atoms with Crippen molar-refractivity contribution in [1.29, 1.82) is 0 Å². The average Bonchev–Trinajstić information content (AvgIpc) is 2.45. The highest BCUT2D eigenvalue weighted by Gasteiger charge is 2.05. The van der Waals surface area contributed by atoms with Gasteiger partial charge in [-0.15, -0.1) is 0 Å². The monoisotopic (exact) mass is 222 g/mol. The van der Waals surface area contributed by atoms with Gasteiger partial charge >= 0.3 is 5.97 Å². The number of esters is 1. The van der Waals surface area contributed by atoms with Gasteiger partial charge < -0.3 is 4.74 Å². The summed E-state index contributed by atoms with van der Waals surface area (Å²) in [5, 5.41) is 4.29. The standard InChI is InChI=1S/C12H18N2O2/c1-5-16-12(15)8-6-7-11-9(2)13-14(4)10(11)3/h6-7H,5,8H2,1-4H3. The maximum Gasteiger partial charge on any atom is 0.309 e. The van der Waals surface area contributed by atoms with Crippen molar-refractivity contribution in [2.24, 2.45) is 7.05 Å². The molecule has 0 bridgehead atoms. The summed E-state index contributed by atoms with van der Waals surface area (Å²) in [4.78, 5) is 11.1. The van der Waals surface area contributed by atoms with Crippen molar-refractivity contribution < 1.29 is 9.53 Å². The van der Waals surface area contributed by atoms with E-state index >= 15 is 0 Å². The lowest BCUT2D eigenvalue weighted by atomic mass is 10.2. The van der Waals surface area contributed by atoms with Crippen LogP contribution in [-0.2, 0) is 16.6 Å². The molecule has 1 rings (SSSR count). The van der Waals surface area contributed by atoms with Crippen LogP contribution in [0.1, 0.15) is 30.3 Å². The summed E-state index contributed by atoms with van der Waals surface area (Å²) >= 11 is 0. The van der Waals surface area contributed by atoms with Crippen LogP contribution in [0.5, 0.6) is 0 Å². The molecule has 0 amide bonds. The van der Waals surface area contributed by atoms with Crippen molar-refractivity contribution in [3.8, 4) is 0 Å². The largest absolute Gasteiger partial charge is 0.466 e. The van der Waals surface area contributed by atoms with Gasteiger partial charge in [-0.2, -0.15) is 5.10 Å². The van der Waals surface area contributed by atoms with Crippen LogP contribution in [0.3, 0.4) is 0 Å². The number of rotatable bonds is 4. The number of hydrogen-bond acceptors (Lipinski definition) is 3. The van der Waals surface area contributed by atoms with Gasteiger partial charge in [0.2, 0.25) is 0 Å². The number of nitrogens with zero attached hydrogens (tertiary/aromatic N) is 2. The summed E-state index contributed by atoms with van der Waals surface area (Å²) in [6, 6.07) is 0. The van der Waals surface area contributed by atoms with Crippen LogP contribution in [0.25, 0.3) is 6.08 Å². The normalized spacial score (nSPS) is 11.0. The van der Waals surface area contributed by atoms with Gasteiger partial charge in [-0.3, -0.25) is 9.48 Å². The van der Waals surface area contributed by atoms with Crippen molar-refractivity contribution in [2.75, 3.05) is 6.61 Å². The predicted molar refractivity (Wildman–Crippen MR) is 63.0 cm³/mol. The summed E-state index contributed by atoms with van der Waals surface area (Å²) in [6.07, 6.45) is 4.05. The quantitative estimate of drug-likeness (QED) is 0.732. The fraction of sp³-hybridized carbons (Fsp3) is 0.500. The third-order valence-corrected chi connectivity index (χ3v) is 2.44. The zero-order valence-corrected chi connectivity index (χ0v) is 10.3. The van der Waals surface area contributed by atoms with Gasteiger partial charge in [0.05, 0.1) is 18.7 Å². The molecule has 0 fully saturated rings. The van der Waals surface area contributed by atoms with Gasteiger partial charge in [-0.1, -0.05) is 12.2 Å². The van der Waals surface area contributed by atoms with E-state index in [2.05, 4.69) is 5.10 Å². The Kier molecular flexibility index (Phi) is 4.28. The topological polar surface area (TPSA) is 44.1 Å². The zero-order valence-electron chi connectivity index (χ0n) is 10.3. The predicted octanol–water partition coefficient (Wildman–Crippen LogP) is 2.00. The molecule has 4 heteroatoms. The zero-order chi connectivity index (χ0) is 12.1. The van der Waals surface area contributed by atoms with Crippen LogP contribution < -0.4 is 0 Å². The van der Waals surface area contributed by atoms with E-state index in [1.807, 2.05) is 37.7 Å². The third kappa shape index (κ3) is 2.95. The fourth-order valence-electron chi connectivity index (χ4n) is 1.52. The maximum atomic E-state index is 11.1. The molecule has 4 nitrogen and oxygen atoms in total. The molecule has 16 heavy (non-hydrogen) atoms. The second kappa shape index (κ2) is 5.49. The maximum absolute atomic E-state index is 11.1. The van der Waals surface area contributed by atoms with E-state index < -0.39 is 0 Å². The summed E-state index contributed by atoms with van der Waals surface area (Å²) < 4.78 is 6.67. The minimum absolute atomic E-state index is 0.196. The molecule has 0 aliphatic rings. The van der Waals surface area contributed by atoms with E-state index in [-0.39, 0.29) is 5.97 Å². The summed E-state index contributed by atoms with van der Waals surface area (Å²) in [5.74, 6) is -0.196. The molecule has 0 saturated heterocycles. The molecule has 0 radical (unpaired) electrons. The van der Waals surface area contributed by atoms with Crippen molar-refractivity contribution in [2.45, 2.75) is 27.2 Å². The number of carbonyl (C=O) groups excluding carboxylic acids is 1. The number of aryl methyl sites for hydroxylation is 2. The van der Waals surface area contributed by atoms with E-state index in [9.17, 15) is 4.79 Å². The molecule has 0 saturated carbocycles. The first-order chi connectivity index (χ1) is 7.56. The van der Waals surface area contributed by atoms with E-state index in [0.717, 1.165) is 17.0 Å². The van der Waals surface area contributed by atoms with Gasteiger partial charge in [-0.25, -0.2) is 0 Å². The second-order valence-electron chi connectivity index (χ2n) is 3.62. The fourth-order valence-corrected chi connectivity index (χ4v) is 1.52. The van der Waals surface area contributed by atoms with E-state index in [1.54, 1.807) is 6.92 Å². The summed E-state index contributed by atoms with van der Waals surface area (Å²) in [7, 11) is 1.91. The average molecular weight is 222 g/mol. The van der Waals surface area contributed by atoms with E-state index in [1.165, 1.54) is 0 Å². The summed E-state index contributed by atoms with van der Waals surface area (Å²) in [6.45, 7) is 6.19. The van der Waals surface area contributed by atoms with Gasteiger partial charge in [0, 0.05) is 18.3 Å². The first-order valence-corrected chi connectivity index (χ1v) is 5.38. The van der Waals surface area contributed by atoms with Crippen LogP contribution >= 0.6 is 0 Å². The lowest BCUT2D eigenvalue weighted by Gasteiger charge is -1.97. The molecule has 1 heterocycles. The lowest BCUT2D eigenvalue weighted by Crippen LogP contribution is -2.01. The highest BCUT2D eigenvalue weighted by molar-refractivity contribution is 5.72. The molecule has 0 atom stereocenters. The molecule has 88 valence electrons. The third-order valence-electron chi connectivity index (χ3n) is 2.44. The molecular formula is C12H18N2O2. The molecule has 0 aliphatic heterocycles. The highest BCUT2D eigenvalue weighted by Crippen LogP contribution is 2.13. The smallest absolute Gasteiger partial charge is 0.309 e. The van der Waals surface area contributed by atoms with E-state index in [0.29, 0.717) is 13.0 Å². The minimum atomic E-state index is -0.196. The van der Waals surface area contributed by atoms with Gasteiger partial charge in [0.25, 0.3) is 0 Å². The molecule has 0 aromatic carbocycles. The van der Waals surface area contributed by atoms with Crippen molar-refractivity contribution in [3.63, 3.8) is 0 Å². The Bertz CT molecular complexity index is 405. The van der Waals surface area contributed by atoms with Crippen LogP contribution in [0.15, 0.2) is 6.08 Å². The van der Waals surface area contributed by atoms with Crippen LogP contribution in [0, 0.1) is 13.8 Å².